The maximum Gasteiger partial charge on any atom is 0.161 e. The summed E-state index contributed by atoms with van der Waals surface area (Å²) in [6, 6.07) is 6.21. The third-order valence-corrected chi connectivity index (χ3v) is 3.64. The first-order valence-corrected chi connectivity index (χ1v) is 7.69. The van der Waals surface area contributed by atoms with Gasteiger partial charge in [0.25, 0.3) is 0 Å². The zero-order valence-electron chi connectivity index (χ0n) is 12.9. The average molecular weight is 277 g/mol. The van der Waals surface area contributed by atoms with E-state index >= 15 is 0 Å². The molecular weight excluding hydrogens is 250 g/mol. The summed E-state index contributed by atoms with van der Waals surface area (Å²) in [5.74, 6) is 3.25. The summed E-state index contributed by atoms with van der Waals surface area (Å²) in [6.07, 6.45) is 3.84. The van der Waals surface area contributed by atoms with E-state index in [-0.39, 0.29) is 0 Å². The quantitative estimate of drug-likeness (QED) is 0.748. The highest BCUT2D eigenvalue weighted by molar-refractivity contribution is 5.42. The number of nitrogens with one attached hydrogen (secondary N) is 1. The lowest BCUT2D eigenvalue weighted by Gasteiger charge is -2.13. The van der Waals surface area contributed by atoms with Crippen molar-refractivity contribution < 1.29 is 9.47 Å². The number of benzene rings is 1. The minimum absolute atomic E-state index is 0.659. The maximum atomic E-state index is 5.80. The van der Waals surface area contributed by atoms with Crippen molar-refractivity contribution in [1.29, 1.82) is 0 Å². The first-order valence-electron chi connectivity index (χ1n) is 7.69. The highest BCUT2D eigenvalue weighted by Gasteiger charge is 2.20. The highest BCUT2D eigenvalue weighted by atomic mass is 16.5. The molecule has 0 spiro atoms. The third kappa shape index (κ3) is 5.04. The van der Waals surface area contributed by atoms with Gasteiger partial charge in [0.15, 0.2) is 11.5 Å². The van der Waals surface area contributed by atoms with Crippen molar-refractivity contribution in [3.63, 3.8) is 0 Å². The first kappa shape index (κ1) is 15.2. The number of hydrogen-bond donors (Lipinski definition) is 1. The van der Waals surface area contributed by atoms with Crippen LogP contribution in [0.1, 0.15) is 38.7 Å². The van der Waals surface area contributed by atoms with Gasteiger partial charge in [-0.15, -0.1) is 0 Å². The molecule has 0 saturated heterocycles. The molecule has 1 aliphatic carbocycles. The molecule has 1 aromatic rings. The van der Waals surface area contributed by atoms with E-state index in [1.807, 2.05) is 6.07 Å². The Balaban J connectivity index is 1.85. The van der Waals surface area contributed by atoms with Crippen molar-refractivity contribution in [2.75, 3.05) is 20.3 Å². The molecular formula is C17H27NO2. The van der Waals surface area contributed by atoms with E-state index in [1.54, 1.807) is 7.11 Å². The topological polar surface area (TPSA) is 30.5 Å². The Morgan fingerprint density at radius 1 is 1.25 bits per heavy atom. The second-order valence-corrected chi connectivity index (χ2v) is 6.09. The van der Waals surface area contributed by atoms with E-state index in [2.05, 4.69) is 31.3 Å². The molecule has 3 heteroatoms. The lowest BCUT2D eigenvalue weighted by molar-refractivity contribution is 0.273. The number of ether oxygens (including phenoxy) is 2. The Morgan fingerprint density at radius 3 is 2.70 bits per heavy atom. The second kappa shape index (κ2) is 7.53. The Kier molecular flexibility index (Phi) is 5.72. The van der Waals surface area contributed by atoms with Crippen LogP contribution in [0.2, 0.25) is 0 Å². The fourth-order valence-corrected chi connectivity index (χ4v) is 2.09. The van der Waals surface area contributed by atoms with Crippen LogP contribution in [0.4, 0.5) is 0 Å². The van der Waals surface area contributed by atoms with Gasteiger partial charge in [-0.2, -0.15) is 0 Å². The molecule has 1 aliphatic rings. The van der Waals surface area contributed by atoms with Gasteiger partial charge in [-0.1, -0.05) is 19.9 Å². The molecule has 20 heavy (non-hydrogen) atoms. The van der Waals surface area contributed by atoms with E-state index in [1.165, 1.54) is 18.4 Å². The monoisotopic (exact) mass is 277 g/mol. The molecule has 1 aromatic carbocycles. The summed E-state index contributed by atoms with van der Waals surface area (Å²) in [5, 5.41) is 3.50. The van der Waals surface area contributed by atoms with Gasteiger partial charge in [0.1, 0.15) is 0 Å². The molecule has 0 aliphatic heterocycles. The minimum Gasteiger partial charge on any atom is -0.493 e. The zero-order chi connectivity index (χ0) is 14.4. The molecule has 3 nitrogen and oxygen atoms in total. The van der Waals surface area contributed by atoms with Crippen LogP contribution >= 0.6 is 0 Å². The maximum absolute atomic E-state index is 5.80. The number of rotatable bonds is 9. The number of hydrogen-bond acceptors (Lipinski definition) is 3. The van der Waals surface area contributed by atoms with Crippen molar-refractivity contribution in [3.8, 4) is 11.5 Å². The minimum atomic E-state index is 0.659. The predicted molar refractivity (Wildman–Crippen MR) is 82.4 cm³/mol. The van der Waals surface area contributed by atoms with Crippen LogP contribution in [-0.2, 0) is 6.54 Å². The molecule has 112 valence electrons. The van der Waals surface area contributed by atoms with E-state index in [0.29, 0.717) is 5.92 Å². The van der Waals surface area contributed by atoms with Gasteiger partial charge in [-0.25, -0.2) is 0 Å². The fourth-order valence-electron chi connectivity index (χ4n) is 2.09. The first-order chi connectivity index (χ1) is 9.69. The van der Waals surface area contributed by atoms with Crippen molar-refractivity contribution >= 4 is 0 Å². The van der Waals surface area contributed by atoms with Crippen LogP contribution in [0.5, 0.6) is 11.5 Å². The molecule has 0 aromatic heterocycles. The van der Waals surface area contributed by atoms with Gasteiger partial charge in [0.05, 0.1) is 13.7 Å². The largest absolute Gasteiger partial charge is 0.493 e. The molecule has 2 rings (SSSR count). The molecule has 1 fully saturated rings. The standard InChI is InChI=1S/C17H27NO2/c1-13(2)8-9-20-16-7-6-15(10-17(16)19-3)12-18-11-14-4-5-14/h6-7,10,13-14,18H,4-5,8-9,11-12H2,1-3H3. The lowest BCUT2D eigenvalue weighted by atomic mass is 10.1. The predicted octanol–water partition coefficient (Wildman–Crippen LogP) is 3.62. The van der Waals surface area contributed by atoms with E-state index in [4.69, 9.17) is 9.47 Å². The van der Waals surface area contributed by atoms with Gasteiger partial charge in [-0.3, -0.25) is 0 Å². The van der Waals surface area contributed by atoms with Crippen molar-refractivity contribution in [1.82, 2.24) is 5.32 Å². The Labute approximate surface area is 122 Å². The molecule has 0 unspecified atom stereocenters. The highest BCUT2D eigenvalue weighted by Crippen LogP contribution is 2.29. The van der Waals surface area contributed by atoms with Crippen LogP contribution in [0.25, 0.3) is 0 Å². The fraction of sp³-hybridized carbons (Fsp3) is 0.647. The second-order valence-electron chi connectivity index (χ2n) is 6.09. The molecule has 0 radical (unpaired) electrons. The summed E-state index contributed by atoms with van der Waals surface area (Å²) in [7, 11) is 1.70. The van der Waals surface area contributed by atoms with Gasteiger partial charge in [0, 0.05) is 6.54 Å². The van der Waals surface area contributed by atoms with Gasteiger partial charge < -0.3 is 14.8 Å². The van der Waals surface area contributed by atoms with Gasteiger partial charge >= 0.3 is 0 Å². The molecule has 0 bridgehead atoms. The summed E-state index contributed by atoms with van der Waals surface area (Å²) in [4.78, 5) is 0. The SMILES string of the molecule is COc1cc(CNCC2CC2)ccc1OCCC(C)C. The Hall–Kier alpha value is -1.22. The van der Waals surface area contributed by atoms with E-state index in [0.717, 1.165) is 43.5 Å². The van der Waals surface area contributed by atoms with Crippen molar-refractivity contribution in [2.45, 2.75) is 39.7 Å². The smallest absolute Gasteiger partial charge is 0.161 e. The summed E-state index contributed by atoms with van der Waals surface area (Å²) in [5.41, 5.74) is 1.25. The van der Waals surface area contributed by atoms with Crippen LogP contribution in [0, 0.1) is 11.8 Å². The summed E-state index contributed by atoms with van der Waals surface area (Å²) >= 11 is 0. The average Bonchev–Trinajstić information content (AvgIpc) is 3.23. The van der Waals surface area contributed by atoms with Gasteiger partial charge in [0.2, 0.25) is 0 Å². The van der Waals surface area contributed by atoms with Crippen molar-refractivity contribution in [2.24, 2.45) is 11.8 Å². The third-order valence-electron chi connectivity index (χ3n) is 3.64. The van der Waals surface area contributed by atoms with Gasteiger partial charge in [-0.05, 0) is 55.3 Å². The molecule has 0 atom stereocenters. The van der Waals surface area contributed by atoms with Crippen LogP contribution in [0.15, 0.2) is 18.2 Å². The zero-order valence-corrected chi connectivity index (χ0v) is 12.9. The van der Waals surface area contributed by atoms with Crippen molar-refractivity contribution in [3.05, 3.63) is 23.8 Å². The molecule has 0 heterocycles. The van der Waals surface area contributed by atoms with Crippen LogP contribution in [0.3, 0.4) is 0 Å². The van der Waals surface area contributed by atoms with Crippen LogP contribution < -0.4 is 14.8 Å². The number of methoxy groups -OCH3 is 1. The molecule has 1 saturated carbocycles. The molecule has 0 amide bonds. The van der Waals surface area contributed by atoms with Crippen LogP contribution in [-0.4, -0.2) is 20.3 Å². The lowest BCUT2D eigenvalue weighted by Crippen LogP contribution is -2.16. The van der Waals surface area contributed by atoms with E-state index in [9.17, 15) is 0 Å². The Morgan fingerprint density at radius 2 is 2.05 bits per heavy atom. The van der Waals surface area contributed by atoms with E-state index < -0.39 is 0 Å². The summed E-state index contributed by atoms with van der Waals surface area (Å²) in [6.45, 7) is 7.19. The molecule has 1 N–H and O–H groups in total. The normalized spacial score (nSPS) is 14.6. The summed E-state index contributed by atoms with van der Waals surface area (Å²) < 4.78 is 11.2. The Bertz CT molecular complexity index is 413.